The van der Waals surface area contributed by atoms with Gasteiger partial charge in [-0.05, 0) is 45.4 Å². The third-order valence-corrected chi connectivity index (χ3v) is 3.96. The molecule has 19 heavy (non-hydrogen) atoms. The molecule has 0 unspecified atom stereocenters. The molecule has 0 bridgehead atoms. The maximum Gasteiger partial charge on any atom is 0.315 e. The third kappa shape index (κ3) is 4.99. The molecule has 2 heterocycles. The van der Waals surface area contributed by atoms with E-state index in [0.717, 1.165) is 32.5 Å². The third-order valence-electron chi connectivity index (χ3n) is 3.96. The van der Waals surface area contributed by atoms with Crippen molar-refractivity contribution in [2.75, 3.05) is 19.8 Å². The van der Waals surface area contributed by atoms with Crippen molar-refractivity contribution in [1.29, 1.82) is 0 Å². The SMILES string of the molecule is C[C@@H]1OCC[C@H]1NC(=O)NCCC[C@@H]1CCCCO1. The summed E-state index contributed by atoms with van der Waals surface area (Å²) in [6, 6.07) is 0.0774. The molecule has 0 aliphatic carbocycles. The molecule has 2 saturated heterocycles. The predicted octanol–water partition coefficient (Wildman–Crippen LogP) is 1.81. The van der Waals surface area contributed by atoms with E-state index in [4.69, 9.17) is 9.47 Å². The molecule has 2 N–H and O–H groups in total. The van der Waals surface area contributed by atoms with Crippen LogP contribution in [0.15, 0.2) is 0 Å². The molecule has 3 atom stereocenters. The Kier molecular flexibility index (Phi) is 5.92. The summed E-state index contributed by atoms with van der Waals surface area (Å²) in [7, 11) is 0. The Balaban J connectivity index is 1.51. The zero-order valence-electron chi connectivity index (χ0n) is 11.8. The fourth-order valence-electron chi connectivity index (χ4n) is 2.71. The fourth-order valence-corrected chi connectivity index (χ4v) is 2.71. The standard InChI is InChI=1S/C14H26N2O3/c1-11-13(7-10-18-11)16-14(17)15-8-4-6-12-5-2-3-9-19-12/h11-13H,2-10H2,1H3,(H2,15,16,17)/t11-,12-,13+/m0/s1. The molecule has 2 rings (SSSR count). The summed E-state index contributed by atoms with van der Waals surface area (Å²) in [4.78, 5) is 11.7. The van der Waals surface area contributed by atoms with E-state index < -0.39 is 0 Å². The lowest BCUT2D eigenvalue weighted by atomic mass is 10.0. The first-order valence-electron chi connectivity index (χ1n) is 7.53. The number of nitrogens with one attached hydrogen (secondary N) is 2. The maximum atomic E-state index is 11.7. The summed E-state index contributed by atoms with van der Waals surface area (Å²) in [6.45, 7) is 4.36. The van der Waals surface area contributed by atoms with Gasteiger partial charge in [-0.1, -0.05) is 0 Å². The monoisotopic (exact) mass is 270 g/mol. The summed E-state index contributed by atoms with van der Waals surface area (Å²) in [5.74, 6) is 0. The van der Waals surface area contributed by atoms with Crippen LogP contribution in [0.5, 0.6) is 0 Å². The van der Waals surface area contributed by atoms with Crippen molar-refractivity contribution in [3.63, 3.8) is 0 Å². The summed E-state index contributed by atoms with van der Waals surface area (Å²) >= 11 is 0. The van der Waals surface area contributed by atoms with Crippen LogP contribution >= 0.6 is 0 Å². The van der Waals surface area contributed by atoms with E-state index in [9.17, 15) is 4.79 Å². The van der Waals surface area contributed by atoms with Crippen LogP contribution in [0.4, 0.5) is 4.79 Å². The van der Waals surface area contributed by atoms with Crippen LogP contribution in [-0.4, -0.2) is 44.0 Å². The van der Waals surface area contributed by atoms with Crippen molar-refractivity contribution in [1.82, 2.24) is 10.6 Å². The average molecular weight is 270 g/mol. The van der Waals surface area contributed by atoms with E-state index in [1.54, 1.807) is 0 Å². The van der Waals surface area contributed by atoms with Crippen LogP contribution in [0.25, 0.3) is 0 Å². The van der Waals surface area contributed by atoms with Gasteiger partial charge in [0.2, 0.25) is 0 Å². The van der Waals surface area contributed by atoms with Gasteiger partial charge in [-0.25, -0.2) is 4.79 Å². The molecule has 2 aliphatic rings. The molecule has 2 aliphatic heterocycles. The Morgan fingerprint density at radius 2 is 2.11 bits per heavy atom. The van der Waals surface area contributed by atoms with Crippen LogP contribution in [-0.2, 0) is 9.47 Å². The summed E-state index contributed by atoms with van der Waals surface area (Å²) in [6.07, 6.45) is 7.10. The zero-order chi connectivity index (χ0) is 13.5. The first kappa shape index (κ1) is 14.6. The van der Waals surface area contributed by atoms with E-state index in [0.29, 0.717) is 12.6 Å². The first-order chi connectivity index (χ1) is 9.25. The Morgan fingerprint density at radius 1 is 1.21 bits per heavy atom. The topological polar surface area (TPSA) is 59.6 Å². The van der Waals surface area contributed by atoms with Crippen LogP contribution in [0.3, 0.4) is 0 Å². The number of urea groups is 1. The van der Waals surface area contributed by atoms with Gasteiger partial charge in [0, 0.05) is 19.8 Å². The number of rotatable bonds is 5. The second-order valence-electron chi connectivity index (χ2n) is 5.50. The van der Waals surface area contributed by atoms with E-state index >= 15 is 0 Å². The van der Waals surface area contributed by atoms with Gasteiger partial charge in [0.1, 0.15) is 0 Å². The van der Waals surface area contributed by atoms with Crippen molar-refractivity contribution in [3.05, 3.63) is 0 Å². The van der Waals surface area contributed by atoms with Crippen LogP contribution in [0.2, 0.25) is 0 Å². The number of amides is 2. The molecule has 0 saturated carbocycles. The van der Waals surface area contributed by atoms with Crippen molar-refractivity contribution in [3.8, 4) is 0 Å². The molecular formula is C14H26N2O3. The van der Waals surface area contributed by atoms with Crippen molar-refractivity contribution in [2.45, 2.75) is 63.7 Å². The van der Waals surface area contributed by atoms with E-state index in [-0.39, 0.29) is 18.2 Å². The minimum absolute atomic E-state index is 0.0769. The summed E-state index contributed by atoms with van der Waals surface area (Å²) in [5, 5.41) is 5.87. The number of carbonyl (C=O) groups is 1. The van der Waals surface area contributed by atoms with Crippen molar-refractivity contribution in [2.24, 2.45) is 0 Å². The van der Waals surface area contributed by atoms with Crippen molar-refractivity contribution < 1.29 is 14.3 Å². The highest BCUT2D eigenvalue weighted by Gasteiger charge is 2.25. The number of carbonyl (C=O) groups excluding carboxylic acids is 1. The molecule has 0 aromatic rings. The molecular weight excluding hydrogens is 244 g/mol. The molecule has 0 aromatic heterocycles. The van der Waals surface area contributed by atoms with Crippen LogP contribution < -0.4 is 10.6 Å². The van der Waals surface area contributed by atoms with E-state index in [2.05, 4.69) is 10.6 Å². The average Bonchev–Trinajstić information content (AvgIpc) is 2.82. The highest BCUT2D eigenvalue weighted by molar-refractivity contribution is 5.74. The smallest absolute Gasteiger partial charge is 0.315 e. The number of hydrogen-bond acceptors (Lipinski definition) is 3. The van der Waals surface area contributed by atoms with Gasteiger partial charge >= 0.3 is 6.03 Å². The lowest BCUT2D eigenvalue weighted by molar-refractivity contribution is 0.0103. The number of ether oxygens (including phenoxy) is 2. The Hall–Kier alpha value is -0.810. The highest BCUT2D eigenvalue weighted by Crippen LogP contribution is 2.16. The van der Waals surface area contributed by atoms with Crippen LogP contribution in [0.1, 0.15) is 45.4 Å². The van der Waals surface area contributed by atoms with Gasteiger partial charge in [-0.3, -0.25) is 0 Å². The Morgan fingerprint density at radius 3 is 2.79 bits per heavy atom. The fraction of sp³-hybridized carbons (Fsp3) is 0.929. The quantitative estimate of drug-likeness (QED) is 0.749. The zero-order valence-corrected chi connectivity index (χ0v) is 11.8. The van der Waals surface area contributed by atoms with Gasteiger partial charge in [0.15, 0.2) is 0 Å². The van der Waals surface area contributed by atoms with E-state index in [1.807, 2.05) is 6.92 Å². The second-order valence-corrected chi connectivity index (χ2v) is 5.50. The maximum absolute atomic E-state index is 11.7. The Bertz CT molecular complexity index is 280. The molecule has 0 radical (unpaired) electrons. The van der Waals surface area contributed by atoms with E-state index in [1.165, 1.54) is 19.3 Å². The molecule has 110 valence electrons. The molecule has 0 aromatic carbocycles. The summed E-state index contributed by atoms with van der Waals surface area (Å²) in [5.41, 5.74) is 0. The molecule has 2 amide bonds. The van der Waals surface area contributed by atoms with Gasteiger partial charge in [-0.15, -0.1) is 0 Å². The number of hydrogen-bond donors (Lipinski definition) is 2. The van der Waals surface area contributed by atoms with Gasteiger partial charge in [-0.2, -0.15) is 0 Å². The molecule has 2 fully saturated rings. The Labute approximate surface area is 115 Å². The molecule has 5 nitrogen and oxygen atoms in total. The van der Waals surface area contributed by atoms with Gasteiger partial charge in [0.25, 0.3) is 0 Å². The normalized spacial score (nSPS) is 31.1. The van der Waals surface area contributed by atoms with Gasteiger partial charge in [0.05, 0.1) is 18.2 Å². The van der Waals surface area contributed by atoms with Crippen molar-refractivity contribution >= 4 is 6.03 Å². The lowest BCUT2D eigenvalue weighted by Crippen LogP contribution is -2.45. The van der Waals surface area contributed by atoms with Crippen LogP contribution in [0, 0.1) is 0 Å². The molecule has 5 heteroatoms. The molecule has 0 spiro atoms. The highest BCUT2D eigenvalue weighted by atomic mass is 16.5. The summed E-state index contributed by atoms with van der Waals surface area (Å²) < 4.78 is 11.1. The lowest BCUT2D eigenvalue weighted by Gasteiger charge is -2.22. The second kappa shape index (κ2) is 7.70. The first-order valence-corrected chi connectivity index (χ1v) is 7.53. The minimum Gasteiger partial charge on any atom is -0.378 e. The van der Waals surface area contributed by atoms with Gasteiger partial charge < -0.3 is 20.1 Å². The largest absolute Gasteiger partial charge is 0.378 e. The predicted molar refractivity (Wildman–Crippen MR) is 73.2 cm³/mol. The minimum atomic E-state index is -0.0769.